The number of benzene rings is 2. The van der Waals surface area contributed by atoms with Gasteiger partial charge in [0.1, 0.15) is 0 Å². The number of ketones is 1. The maximum absolute atomic E-state index is 11.2. The minimum absolute atomic E-state index is 0.00120. The van der Waals surface area contributed by atoms with E-state index >= 15 is 0 Å². The number of hydrogen-bond donors (Lipinski definition) is 2. The first-order chi connectivity index (χ1) is 9.54. The van der Waals surface area contributed by atoms with Gasteiger partial charge >= 0.3 is 5.97 Å². The summed E-state index contributed by atoms with van der Waals surface area (Å²) in [6.45, 7) is 1.53. The van der Waals surface area contributed by atoms with Crippen molar-refractivity contribution in [1.29, 1.82) is 0 Å². The maximum Gasteiger partial charge on any atom is 0.307 e. The maximum atomic E-state index is 11.2. The molecule has 2 N–H and O–H groups in total. The second-order valence-corrected chi connectivity index (χ2v) is 4.53. The fourth-order valence-corrected chi connectivity index (χ4v) is 1.89. The van der Waals surface area contributed by atoms with Crippen molar-refractivity contribution >= 4 is 23.1 Å². The van der Waals surface area contributed by atoms with Crippen molar-refractivity contribution in [2.24, 2.45) is 0 Å². The molecule has 0 aliphatic rings. The van der Waals surface area contributed by atoms with E-state index in [0.717, 1.165) is 16.9 Å². The van der Waals surface area contributed by atoms with Gasteiger partial charge in [0.05, 0.1) is 6.42 Å². The summed E-state index contributed by atoms with van der Waals surface area (Å²) >= 11 is 0. The van der Waals surface area contributed by atoms with Gasteiger partial charge in [0.25, 0.3) is 0 Å². The number of carbonyl (C=O) groups excluding carboxylic acids is 1. The minimum Gasteiger partial charge on any atom is -0.481 e. The molecule has 0 unspecified atom stereocenters. The average Bonchev–Trinajstić information content (AvgIpc) is 2.39. The molecule has 0 aromatic heterocycles. The molecule has 0 saturated carbocycles. The second-order valence-electron chi connectivity index (χ2n) is 4.53. The van der Waals surface area contributed by atoms with Crippen LogP contribution in [-0.2, 0) is 11.2 Å². The Morgan fingerprint density at radius 1 is 1.05 bits per heavy atom. The van der Waals surface area contributed by atoms with Crippen LogP contribution in [0.4, 0.5) is 11.4 Å². The molecule has 2 aromatic carbocycles. The molecule has 0 heterocycles. The highest BCUT2D eigenvalue weighted by Crippen LogP contribution is 2.18. The molecular formula is C16H15NO3. The van der Waals surface area contributed by atoms with Crippen LogP contribution in [0.25, 0.3) is 0 Å². The van der Waals surface area contributed by atoms with E-state index in [1.165, 1.54) is 6.92 Å². The van der Waals surface area contributed by atoms with Crippen LogP contribution in [0.1, 0.15) is 22.8 Å². The van der Waals surface area contributed by atoms with E-state index in [2.05, 4.69) is 5.32 Å². The van der Waals surface area contributed by atoms with Crippen LogP contribution >= 0.6 is 0 Å². The molecule has 0 bridgehead atoms. The van der Waals surface area contributed by atoms with E-state index in [1.807, 2.05) is 24.3 Å². The Hall–Kier alpha value is -2.62. The molecule has 0 atom stereocenters. The monoisotopic (exact) mass is 269 g/mol. The number of rotatable bonds is 5. The lowest BCUT2D eigenvalue weighted by atomic mass is 10.1. The number of carboxylic acid groups (broad SMARTS) is 1. The van der Waals surface area contributed by atoms with Gasteiger partial charge in [0.2, 0.25) is 0 Å². The zero-order chi connectivity index (χ0) is 14.5. The lowest BCUT2D eigenvalue weighted by Gasteiger charge is -2.08. The summed E-state index contributed by atoms with van der Waals surface area (Å²) in [6.07, 6.45) is -0.00120. The van der Waals surface area contributed by atoms with Crippen molar-refractivity contribution < 1.29 is 14.7 Å². The Morgan fingerprint density at radius 3 is 2.35 bits per heavy atom. The van der Waals surface area contributed by atoms with Crippen molar-refractivity contribution in [3.8, 4) is 0 Å². The Bertz CT molecular complexity index is 632. The third kappa shape index (κ3) is 3.68. The van der Waals surface area contributed by atoms with Crippen LogP contribution < -0.4 is 5.32 Å². The van der Waals surface area contributed by atoms with Gasteiger partial charge in [-0.2, -0.15) is 0 Å². The Morgan fingerprint density at radius 2 is 1.75 bits per heavy atom. The van der Waals surface area contributed by atoms with Crippen LogP contribution in [-0.4, -0.2) is 16.9 Å². The van der Waals surface area contributed by atoms with Crippen molar-refractivity contribution in [1.82, 2.24) is 0 Å². The van der Waals surface area contributed by atoms with Gasteiger partial charge in [-0.05, 0) is 48.9 Å². The molecule has 0 radical (unpaired) electrons. The molecule has 20 heavy (non-hydrogen) atoms. The summed E-state index contributed by atoms with van der Waals surface area (Å²) in [6, 6.07) is 14.4. The zero-order valence-corrected chi connectivity index (χ0v) is 11.1. The third-order valence-electron chi connectivity index (χ3n) is 2.86. The van der Waals surface area contributed by atoms with Gasteiger partial charge in [-0.25, -0.2) is 0 Å². The van der Waals surface area contributed by atoms with Crippen molar-refractivity contribution in [2.75, 3.05) is 5.32 Å². The molecule has 0 fully saturated rings. The van der Waals surface area contributed by atoms with E-state index in [4.69, 9.17) is 5.11 Å². The van der Waals surface area contributed by atoms with E-state index in [0.29, 0.717) is 5.56 Å². The van der Waals surface area contributed by atoms with Gasteiger partial charge in [-0.1, -0.05) is 12.1 Å². The first-order valence-corrected chi connectivity index (χ1v) is 6.23. The number of anilines is 2. The largest absolute Gasteiger partial charge is 0.481 e. The molecule has 0 amide bonds. The summed E-state index contributed by atoms with van der Waals surface area (Å²) in [7, 11) is 0. The Balaban J connectivity index is 2.13. The summed E-state index contributed by atoms with van der Waals surface area (Å²) in [5, 5.41) is 12.0. The number of Topliss-reactive ketones (excluding diaryl/α,β-unsaturated/α-hetero) is 1. The number of nitrogens with one attached hydrogen (secondary N) is 1. The van der Waals surface area contributed by atoms with Gasteiger partial charge in [0, 0.05) is 16.9 Å². The van der Waals surface area contributed by atoms with E-state index in [1.54, 1.807) is 24.3 Å². The molecule has 0 aliphatic carbocycles. The van der Waals surface area contributed by atoms with Crippen molar-refractivity contribution in [2.45, 2.75) is 13.3 Å². The van der Waals surface area contributed by atoms with Gasteiger partial charge in [-0.3, -0.25) is 9.59 Å². The number of carbonyl (C=O) groups is 2. The molecule has 4 nitrogen and oxygen atoms in total. The highest BCUT2D eigenvalue weighted by molar-refractivity contribution is 5.94. The standard InChI is InChI=1S/C16H15NO3/c1-11(18)13-5-7-14(8-6-13)17-15-4-2-3-12(9-15)10-16(19)20/h2-9,17H,10H2,1H3,(H,19,20). The minimum atomic E-state index is -0.854. The second kappa shape index (κ2) is 6.02. The Labute approximate surface area is 117 Å². The lowest BCUT2D eigenvalue weighted by Crippen LogP contribution is -2.00. The summed E-state index contributed by atoms with van der Waals surface area (Å²) in [5.74, 6) is -0.826. The highest BCUT2D eigenvalue weighted by atomic mass is 16.4. The van der Waals surface area contributed by atoms with E-state index < -0.39 is 5.97 Å². The molecule has 2 rings (SSSR count). The predicted octanol–water partition coefficient (Wildman–Crippen LogP) is 3.26. The normalized spacial score (nSPS) is 10.1. The zero-order valence-electron chi connectivity index (χ0n) is 11.1. The fourth-order valence-electron chi connectivity index (χ4n) is 1.89. The van der Waals surface area contributed by atoms with Crippen LogP contribution in [0.15, 0.2) is 48.5 Å². The average molecular weight is 269 g/mol. The first-order valence-electron chi connectivity index (χ1n) is 6.23. The fraction of sp³-hybridized carbons (Fsp3) is 0.125. The van der Waals surface area contributed by atoms with Gasteiger partial charge in [-0.15, -0.1) is 0 Å². The topological polar surface area (TPSA) is 66.4 Å². The van der Waals surface area contributed by atoms with Crippen LogP contribution in [0, 0.1) is 0 Å². The van der Waals surface area contributed by atoms with E-state index in [9.17, 15) is 9.59 Å². The molecule has 2 aromatic rings. The number of aliphatic carboxylic acids is 1. The van der Waals surface area contributed by atoms with E-state index in [-0.39, 0.29) is 12.2 Å². The Kier molecular flexibility index (Phi) is 4.15. The highest BCUT2D eigenvalue weighted by Gasteiger charge is 2.02. The van der Waals surface area contributed by atoms with Crippen LogP contribution in [0.3, 0.4) is 0 Å². The summed E-state index contributed by atoms with van der Waals surface area (Å²) in [5.41, 5.74) is 3.07. The molecule has 0 saturated heterocycles. The lowest BCUT2D eigenvalue weighted by molar-refractivity contribution is -0.136. The summed E-state index contributed by atoms with van der Waals surface area (Å²) < 4.78 is 0. The number of hydrogen-bond acceptors (Lipinski definition) is 3. The predicted molar refractivity (Wildman–Crippen MR) is 77.5 cm³/mol. The molecule has 0 spiro atoms. The van der Waals surface area contributed by atoms with Gasteiger partial charge in [0.15, 0.2) is 5.78 Å². The molecule has 102 valence electrons. The smallest absolute Gasteiger partial charge is 0.307 e. The first kappa shape index (κ1) is 13.8. The molecule has 4 heteroatoms. The van der Waals surface area contributed by atoms with Crippen molar-refractivity contribution in [3.05, 3.63) is 59.7 Å². The van der Waals surface area contributed by atoms with Crippen molar-refractivity contribution in [3.63, 3.8) is 0 Å². The quantitative estimate of drug-likeness (QED) is 0.818. The number of carboxylic acids is 1. The van der Waals surface area contributed by atoms with Crippen LogP contribution in [0.2, 0.25) is 0 Å². The molecule has 0 aliphatic heterocycles. The third-order valence-corrected chi connectivity index (χ3v) is 2.86. The van der Waals surface area contributed by atoms with Gasteiger partial charge < -0.3 is 10.4 Å². The SMILES string of the molecule is CC(=O)c1ccc(Nc2cccc(CC(=O)O)c2)cc1. The van der Waals surface area contributed by atoms with Crippen LogP contribution in [0.5, 0.6) is 0 Å². The molecular weight excluding hydrogens is 254 g/mol. The summed E-state index contributed by atoms with van der Waals surface area (Å²) in [4.78, 5) is 21.9.